The molecule has 0 amide bonds. The highest BCUT2D eigenvalue weighted by atomic mass is 15.1. The Morgan fingerprint density at radius 1 is 1.12 bits per heavy atom. The molecule has 4 rings (SSSR count). The third-order valence-electron chi connectivity index (χ3n) is 3.16. The van der Waals surface area contributed by atoms with E-state index in [1.54, 1.807) is 0 Å². The summed E-state index contributed by atoms with van der Waals surface area (Å²) in [5.41, 5.74) is 0. The molecule has 4 aliphatic rings. The van der Waals surface area contributed by atoms with E-state index in [0.717, 1.165) is 23.9 Å². The summed E-state index contributed by atoms with van der Waals surface area (Å²) in [6.45, 7) is 0. The van der Waals surface area contributed by atoms with E-state index < -0.39 is 0 Å². The van der Waals surface area contributed by atoms with E-state index in [1.807, 2.05) is 0 Å². The van der Waals surface area contributed by atoms with E-state index >= 15 is 0 Å². The van der Waals surface area contributed by atoms with Crippen LogP contribution in [0.15, 0.2) is 0 Å². The molecular weight excluding hydrogens is 98.1 g/mol. The molecule has 0 radical (unpaired) electrons. The fourth-order valence-corrected chi connectivity index (χ4v) is 2.67. The topological polar surface area (TPSA) is 12.0 Å². The molecule has 0 aromatic rings. The molecule has 4 unspecified atom stereocenters. The molecule has 0 aromatic heterocycles. The van der Waals surface area contributed by atoms with Gasteiger partial charge in [-0.05, 0) is 31.1 Å². The Morgan fingerprint density at radius 3 is 2.38 bits per heavy atom. The SMILES string of the molecule is C1CC2C3CC1NC23. The third kappa shape index (κ3) is 0.278. The lowest BCUT2D eigenvalue weighted by atomic mass is 9.95. The monoisotopic (exact) mass is 109 g/mol. The van der Waals surface area contributed by atoms with Crippen LogP contribution in [0.2, 0.25) is 0 Å². The second-order valence-electron chi connectivity index (χ2n) is 3.53. The van der Waals surface area contributed by atoms with Crippen LogP contribution in [0.3, 0.4) is 0 Å². The second-order valence-corrected chi connectivity index (χ2v) is 3.53. The van der Waals surface area contributed by atoms with E-state index in [9.17, 15) is 0 Å². The van der Waals surface area contributed by atoms with Crippen LogP contribution in [0.4, 0.5) is 0 Å². The minimum Gasteiger partial charge on any atom is -0.311 e. The Bertz CT molecular complexity index is 112. The molecule has 2 heterocycles. The summed E-state index contributed by atoms with van der Waals surface area (Å²) >= 11 is 0. The van der Waals surface area contributed by atoms with Crippen molar-refractivity contribution < 1.29 is 0 Å². The fourth-order valence-electron chi connectivity index (χ4n) is 2.67. The second kappa shape index (κ2) is 0.971. The zero-order chi connectivity index (χ0) is 5.14. The van der Waals surface area contributed by atoms with Crippen LogP contribution in [0.25, 0.3) is 0 Å². The zero-order valence-corrected chi connectivity index (χ0v) is 4.93. The van der Waals surface area contributed by atoms with Gasteiger partial charge < -0.3 is 5.32 Å². The van der Waals surface area contributed by atoms with Gasteiger partial charge in [-0.15, -0.1) is 0 Å². The molecule has 2 aliphatic carbocycles. The van der Waals surface area contributed by atoms with Crippen molar-refractivity contribution in [1.29, 1.82) is 0 Å². The first-order chi connectivity index (χ1) is 3.95. The average Bonchev–Trinajstić information content (AvgIpc) is 2.38. The van der Waals surface area contributed by atoms with Crippen LogP contribution in [-0.2, 0) is 0 Å². The molecule has 2 saturated heterocycles. The Hall–Kier alpha value is -0.0400. The zero-order valence-electron chi connectivity index (χ0n) is 4.93. The van der Waals surface area contributed by atoms with Crippen molar-refractivity contribution in [2.45, 2.75) is 31.3 Å². The molecule has 0 spiro atoms. The Labute approximate surface area is 49.5 Å². The van der Waals surface area contributed by atoms with Gasteiger partial charge in [-0.2, -0.15) is 0 Å². The molecule has 1 N–H and O–H groups in total. The lowest BCUT2D eigenvalue weighted by Crippen LogP contribution is -2.32. The van der Waals surface area contributed by atoms with E-state index in [0.29, 0.717) is 0 Å². The van der Waals surface area contributed by atoms with Crippen molar-refractivity contribution >= 4 is 0 Å². The summed E-state index contributed by atoms with van der Waals surface area (Å²) in [5.74, 6) is 2.26. The smallest absolute Gasteiger partial charge is 0.0133 e. The van der Waals surface area contributed by atoms with E-state index in [-0.39, 0.29) is 0 Å². The van der Waals surface area contributed by atoms with Crippen LogP contribution in [0.5, 0.6) is 0 Å². The number of piperidine rings is 2. The van der Waals surface area contributed by atoms with Crippen molar-refractivity contribution in [3.63, 3.8) is 0 Å². The molecule has 0 aromatic carbocycles. The normalized spacial score (nSPS) is 66.0. The lowest BCUT2D eigenvalue weighted by molar-refractivity contribution is 0.358. The average molecular weight is 109 g/mol. The molecule has 4 atom stereocenters. The predicted molar refractivity (Wildman–Crippen MR) is 31.5 cm³/mol. The van der Waals surface area contributed by atoms with Crippen molar-refractivity contribution in [2.24, 2.45) is 11.8 Å². The van der Waals surface area contributed by atoms with Gasteiger partial charge in [0, 0.05) is 12.1 Å². The van der Waals surface area contributed by atoms with Gasteiger partial charge in [-0.3, -0.25) is 0 Å². The lowest BCUT2D eigenvalue weighted by Gasteiger charge is -2.21. The molecule has 1 heteroatoms. The molecule has 8 heavy (non-hydrogen) atoms. The van der Waals surface area contributed by atoms with E-state index in [2.05, 4.69) is 5.32 Å². The number of rotatable bonds is 0. The summed E-state index contributed by atoms with van der Waals surface area (Å²) in [5, 5.41) is 3.63. The Morgan fingerprint density at radius 2 is 2.12 bits per heavy atom. The van der Waals surface area contributed by atoms with Crippen molar-refractivity contribution in [2.75, 3.05) is 0 Å². The van der Waals surface area contributed by atoms with Gasteiger partial charge in [0.15, 0.2) is 0 Å². The van der Waals surface area contributed by atoms with Gasteiger partial charge >= 0.3 is 0 Å². The molecule has 4 fully saturated rings. The van der Waals surface area contributed by atoms with Crippen LogP contribution >= 0.6 is 0 Å². The summed E-state index contributed by atoms with van der Waals surface area (Å²) in [4.78, 5) is 0. The molecule has 44 valence electrons. The first kappa shape index (κ1) is 3.89. The largest absolute Gasteiger partial charge is 0.311 e. The van der Waals surface area contributed by atoms with Gasteiger partial charge in [0.25, 0.3) is 0 Å². The van der Waals surface area contributed by atoms with Crippen LogP contribution in [0.1, 0.15) is 19.3 Å². The molecular formula is C7H11N. The Balaban J connectivity index is 1.99. The molecule has 2 saturated carbocycles. The minimum atomic E-state index is 0.940. The van der Waals surface area contributed by atoms with Gasteiger partial charge in [0.05, 0.1) is 0 Å². The van der Waals surface area contributed by atoms with Crippen molar-refractivity contribution in [3.05, 3.63) is 0 Å². The molecule has 4 bridgehead atoms. The molecule has 2 aliphatic heterocycles. The maximum atomic E-state index is 3.63. The van der Waals surface area contributed by atoms with Crippen LogP contribution in [0, 0.1) is 11.8 Å². The van der Waals surface area contributed by atoms with Gasteiger partial charge in [0.2, 0.25) is 0 Å². The number of fused-ring (bicyclic) bond motifs is 1. The van der Waals surface area contributed by atoms with Crippen molar-refractivity contribution in [3.8, 4) is 0 Å². The first-order valence-electron chi connectivity index (χ1n) is 3.71. The fraction of sp³-hybridized carbons (Fsp3) is 1.00. The number of hydrogen-bond donors (Lipinski definition) is 1. The predicted octanol–water partition coefficient (Wildman–Crippen LogP) is 0.757. The number of nitrogens with one attached hydrogen (secondary N) is 1. The maximum absolute atomic E-state index is 3.63. The molecule has 1 nitrogen and oxygen atoms in total. The van der Waals surface area contributed by atoms with Gasteiger partial charge in [-0.1, -0.05) is 0 Å². The maximum Gasteiger partial charge on any atom is 0.0133 e. The number of hydrogen-bond acceptors (Lipinski definition) is 1. The first-order valence-corrected chi connectivity index (χ1v) is 3.71. The minimum absolute atomic E-state index is 0.940. The van der Waals surface area contributed by atoms with Gasteiger partial charge in [0.1, 0.15) is 0 Å². The highest BCUT2D eigenvalue weighted by Crippen LogP contribution is 2.55. The highest BCUT2D eigenvalue weighted by Gasteiger charge is 2.58. The van der Waals surface area contributed by atoms with Crippen molar-refractivity contribution in [1.82, 2.24) is 5.32 Å². The van der Waals surface area contributed by atoms with Crippen LogP contribution < -0.4 is 5.32 Å². The summed E-state index contributed by atoms with van der Waals surface area (Å²) in [6.07, 6.45) is 4.51. The Kier molecular flexibility index (Phi) is 0.472. The van der Waals surface area contributed by atoms with E-state index in [1.165, 1.54) is 19.3 Å². The van der Waals surface area contributed by atoms with Gasteiger partial charge in [-0.25, -0.2) is 0 Å². The third-order valence-corrected chi connectivity index (χ3v) is 3.16. The quantitative estimate of drug-likeness (QED) is 0.484. The standard InChI is InChI=1S/C7H11N/c1-2-5-6-3-4(1)8-7(5)6/h4-8H,1-3H2. The van der Waals surface area contributed by atoms with E-state index in [4.69, 9.17) is 0 Å². The highest BCUT2D eigenvalue weighted by molar-refractivity contribution is 5.14. The van der Waals surface area contributed by atoms with Crippen LogP contribution in [-0.4, -0.2) is 12.1 Å². The summed E-state index contributed by atoms with van der Waals surface area (Å²) in [7, 11) is 0. The summed E-state index contributed by atoms with van der Waals surface area (Å²) in [6, 6.07) is 1.93. The summed E-state index contributed by atoms with van der Waals surface area (Å²) < 4.78 is 0.